The third-order valence-electron chi connectivity index (χ3n) is 8.04. The average Bonchev–Trinajstić information content (AvgIpc) is 3.78. The lowest BCUT2D eigenvalue weighted by atomic mass is 9.97. The fraction of sp³-hybridized carbons (Fsp3) is 0.345. The summed E-state index contributed by atoms with van der Waals surface area (Å²) < 4.78 is 15.5. The maximum absolute atomic E-state index is 15.5. The number of hydrogen-bond donors (Lipinski definition) is 1. The van der Waals surface area contributed by atoms with E-state index in [0.29, 0.717) is 56.7 Å². The van der Waals surface area contributed by atoms with E-state index in [1.807, 2.05) is 48.5 Å². The number of carbonyl (C=O) groups is 2. The summed E-state index contributed by atoms with van der Waals surface area (Å²) in [5, 5.41) is 12.3. The molecule has 7 rings (SSSR count). The van der Waals surface area contributed by atoms with Gasteiger partial charge in [0.05, 0.1) is 5.56 Å². The molecule has 3 aromatic carbocycles. The molecule has 0 bridgehead atoms. The van der Waals surface area contributed by atoms with E-state index in [1.54, 1.807) is 15.9 Å². The van der Waals surface area contributed by atoms with Gasteiger partial charge in [-0.25, -0.2) is 4.39 Å². The van der Waals surface area contributed by atoms with Crippen LogP contribution in [0.2, 0.25) is 0 Å². The van der Waals surface area contributed by atoms with Crippen LogP contribution in [0.3, 0.4) is 0 Å². The summed E-state index contributed by atoms with van der Waals surface area (Å²) in [5.74, 6) is -0.211. The number of likely N-dealkylation sites (tertiary alicyclic amines) is 1. The predicted octanol–water partition coefficient (Wildman–Crippen LogP) is 3.75. The van der Waals surface area contributed by atoms with E-state index in [2.05, 4.69) is 0 Å². The predicted molar refractivity (Wildman–Crippen MR) is 134 cm³/mol. The van der Waals surface area contributed by atoms with Gasteiger partial charge in [-0.3, -0.25) is 19.5 Å². The lowest BCUT2D eigenvalue weighted by Crippen LogP contribution is -2.57. The number of fused-ring (bicyclic) bond motifs is 1. The van der Waals surface area contributed by atoms with Crippen molar-refractivity contribution in [1.29, 1.82) is 0 Å². The molecule has 0 atom stereocenters. The second-order valence-corrected chi connectivity index (χ2v) is 10.7. The number of amidine groups is 1. The van der Waals surface area contributed by atoms with E-state index < -0.39 is 17.0 Å². The van der Waals surface area contributed by atoms with Crippen LogP contribution >= 0.6 is 0 Å². The number of rotatable bonds is 5. The third-order valence-corrected chi connectivity index (χ3v) is 8.04. The first kappa shape index (κ1) is 21.7. The van der Waals surface area contributed by atoms with Crippen LogP contribution in [0.1, 0.15) is 31.2 Å². The van der Waals surface area contributed by atoms with Gasteiger partial charge in [0.1, 0.15) is 22.8 Å². The van der Waals surface area contributed by atoms with Gasteiger partial charge in [0, 0.05) is 25.6 Å². The highest BCUT2D eigenvalue weighted by Crippen LogP contribution is 2.47. The van der Waals surface area contributed by atoms with Gasteiger partial charge in [0.2, 0.25) is 0 Å². The second kappa shape index (κ2) is 7.46. The fourth-order valence-corrected chi connectivity index (χ4v) is 5.46. The largest absolute Gasteiger partial charge is 0.380 e. The van der Waals surface area contributed by atoms with Gasteiger partial charge in [-0.2, -0.15) is 0 Å². The Labute approximate surface area is 208 Å². The van der Waals surface area contributed by atoms with Gasteiger partial charge in [0.15, 0.2) is 0 Å². The van der Waals surface area contributed by atoms with Crippen LogP contribution < -0.4 is 0 Å². The summed E-state index contributed by atoms with van der Waals surface area (Å²) in [5.41, 5.74) is 0.119. The van der Waals surface area contributed by atoms with Crippen LogP contribution in [0.15, 0.2) is 65.7 Å². The molecule has 7 heteroatoms. The maximum atomic E-state index is 15.5. The Morgan fingerprint density at radius 1 is 0.972 bits per heavy atom. The average molecular weight is 484 g/mol. The smallest absolute Gasteiger partial charge is 0.256 e. The Morgan fingerprint density at radius 2 is 1.67 bits per heavy atom. The number of carbonyl (C=O) groups excluding carboxylic acids is 2. The molecule has 2 heterocycles. The van der Waals surface area contributed by atoms with Crippen molar-refractivity contribution in [3.63, 3.8) is 0 Å². The second-order valence-electron chi connectivity index (χ2n) is 10.7. The van der Waals surface area contributed by atoms with Crippen molar-refractivity contribution >= 4 is 28.4 Å². The Balaban J connectivity index is 1.13. The first-order chi connectivity index (χ1) is 17.4. The highest BCUT2D eigenvalue weighted by atomic mass is 19.1. The summed E-state index contributed by atoms with van der Waals surface area (Å²) in [6, 6.07) is 19.2. The van der Waals surface area contributed by atoms with Gasteiger partial charge in [0.25, 0.3) is 11.8 Å². The van der Waals surface area contributed by atoms with Crippen LogP contribution in [0, 0.1) is 11.7 Å². The van der Waals surface area contributed by atoms with E-state index >= 15 is 4.39 Å². The molecule has 2 amide bonds. The van der Waals surface area contributed by atoms with Crippen LogP contribution in [0.4, 0.5) is 4.39 Å². The molecular weight excluding hydrogens is 457 g/mol. The van der Waals surface area contributed by atoms with E-state index in [4.69, 9.17) is 4.99 Å². The quantitative estimate of drug-likeness (QED) is 0.601. The van der Waals surface area contributed by atoms with Gasteiger partial charge in [-0.1, -0.05) is 42.5 Å². The van der Waals surface area contributed by atoms with Gasteiger partial charge in [-0.15, -0.1) is 0 Å². The molecule has 1 saturated heterocycles. The number of aliphatic imine (C=N–C) groups is 1. The highest BCUT2D eigenvalue weighted by Gasteiger charge is 2.58. The number of halogens is 1. The van der Waals surface area contributed by atoms with Crippen molar-refractivity contribution < 1.29 is 19.1 Å². The molecule has 0 unspecified atom stereocenters. The Hall–Kier alpha value is -3.58. The minimum Gasteiger partial charge on any atom is -0.380 e. The summed E-state index contributed by atoms with van der Waals surface area (Å²) in [4.78, 5) is 33.6. The standard InChI is InChI=1S/C29H26FN3O3/c30-24-14-22(21-6-5-19-3-1-2-4-20(19)13-21)7-8-23(24)25-31-28(9-10-28)26(34)33(25)17-18-15-32(16-18)27(35)29(36)11-12-29/h1-8,13-14,18,36H,9-12,15-17H2. The zero-order valence-electron chi connectivity index (χ0n) is 19.8. The molecule has 36 heavy (non-hydrogen) atoms. The van der Waals surface area contributed by atoms with Gasteiger partial charge >= 0.3 is 0 Å². The van der Waals surface area contributed by atoms with Gasteiger partial charge < -0.3 is 10.0 Å². The fourth-order valence-electron chi connectivity index (χ4n) is 5.46. The Bertz CT molecular complexity index is 1470. The third kappa shape index (κ3) is 3.37. The lowest BCUT2D eigenvalue weighted by molar-refractivity contribution is -0.149. The number of aliphatic hydroxyl groups is 1. The van der Waals surface area contributed by atoms with Crippen LogP contribution in [-0.2, 0) is 9.59 Å². The van der Waals surface area contributed by atoms with Crippen molar-refractivity contribution in [2.24, 2.45) is 10.9 Å². The molecular formula is C29H26FN3O3. The monoisotopic (exact) mass is 483 g/mol. The molecule has 3 aromatic rings. The molecule has 2 saturated carbocycles. The molecule has 4 aliphatic rings. The van der Waals surface area contributed by atoms with E-state index in [1.165, 1.54) is 6.07 Å². The van der Waals surface area contributed by atoms with Crippen LogP contribution in [0.5, 0.6) is 0 Å². The molecule has 182 valence electrons. The van der Waals surface area contributed by atoms with Crippen LogP contribution in [-0.4, -0.2) is 63.3 Å². The summed E-state index contributed by atoms with van der Waals surface area (Å²) in [6.07, 6.45) is 2.41. The van der Waals surface area contributed by atoms with Crippen molar-refractivity contribution in [3.05, 3.63) is 72.0 Å². The number of hydrogen-bond acceptors (Lipinski definition) is 4. The molecule has 0 radical (unpaired) electrons. The van der Waals surface area contributed by atoms with Crippen molar-refractivity contribution in [2.75, 3.05) is 19.6 Å². The summed E-state index contributed by atoms with van der Waals surface area (Å²) in [7, 11) is 0. The normalized spacial score (nSPS) is 21.6. The number of nitrogens with zero attached hydrogens (tertiary/aromatic N) is 3. The number of benzene rings is 3. The van der Waals surface area contributed by atoms with Crippen molar-refractivity contribution in [2.45, 2.75) is 36.8 Å². The van der Waals surface area contributed by atoms with E-state index in [9.17, 15) is 14.7 Å². The molecule has 0 aromatic heterocycles. The lowest BCUT2D eigenvalue weighted by Gasteiger charge is -2.42. The van der Waals surface area contributed by atoms with Gasteiger partial charge in [-0.05, 0) is 65.8 Å². The summed E-state index contributed by atoms with van der Waals surface area (Å²) >= 11 is 0. The topological polar surface area (TPSA) is 73.2 Å². The highest BCUT2D eigenvalue weighted by molar-refractivity contribution is 6.16. The van der Waals surface area contributed by atoms with Crippen molar-refractivity contribution in [3.8, 4) is 11.1 Å². The minimum absolute atomic E-state index is 0.0684. The molecule has 1 N–H and O–H groups in total. The summed E-state index contributed by atoms with van der Waals surface area (Å²) in [6.45, 7) is 1.39. The first-order valence-electron chi connectivity index (χ1n) is 12.6. The van der Waals surface area contributed by atoms with E-state index in [0.717, 1.165) is 21.9 Å². The number of amides is 2. The Kier molecular flexibility index (Phi) is 4.49. The van der Waals surface area contributed by atoms with Crippen LogP contribution in [0.25, 0.3) is 21.9 Å². The zero-order valence-corrected chi connectivity index (χ0v) is 19.8. The first-order valence-corrected chi connectivity index (χ1v) is 12.6. The van der Waals surface area contributed by atoms with Crippen molar-refractivity contribution in [1.82, 2.24) is 9.80 Å². The minimum atomic E-state index is -1.17. The molecule has 6 nitrogen and oxygen atoms in total. The molecule has 2 aliphatic heterocycles. The maximum Gasteiger partial charge on any atom is 0.256 e. The SMILES string of the molecule is O=C(N1CC(CN2C(=O)C3(CC3)N=C2c2ccc(-c3ccc4ccccc4c3)cc2F)C1)C1(O)CC1. The van der Waals surface area contributed by atoms with E-state index in [-0.39, 0.29) is 17.7 Å². The molecule has 3 fully saturated rings. The zero-order chi connectivity index (χ0) is 24.7. The molecule has 1 spiro atoms. The molecule has 2 aliphatic carbocycles. The Morgan fingerprint density at radius 3 is 2.36 bits per heavy atom.